The number of halogens is 1. The molecule has 1 aliphatic heterocycles. The number of benzene rings is 2. The third-order valence-corrected chi connectivity index (χ3v) is 3.63. The molecule has 1 amide bonds. The molecule has 0 saturated heterocycles. The monoisotopic (exact) mass is 255 g/mol. The molecule has 1 atom stereocenters. The third kappa shape index (κ3) is 2.01. The molecule has 1 aliphatic rings. The van der Waals surface area contributed by atoms with Gasteiger partial charge in [0.25, 0.3) is 0 Å². The van der Waals surface area contributed by atoms with Crippen molar-refractivity contribution >= 4 is 11.6 Å². The molecule has 2 aromatic rings. The molecule has 96 valence electrons. The van der Waals surface area contributed by atoms with E-state index in [1.54, 1.807) is 18.2 Å². The third-order valence-electron chi connectivity index (χ3n) is 3.63. The van der Waals surface area contributed by atoms with Crippen LogP contribution in [0.4, 0.5) is 10.1 Å². The van der Waals surface area contributed by atoms with Gasteiger partial charge in [-0.2, -0.15) is 0 Å². The molecule has 0 spiro atoms. The number of carbonyl (C=O) groups excluding carboxylic acids is 1. The smallest absolute Gasteiger partial charge is 0.232 e. The van der Waals surface area contributed by atoms with E-state index in [9.17, 15) is 9.18 Å². The molecule has 2 nitrogen and oxygen atoms in total. The van der Waals surface area contributed by atoms with Crippen LogP contribution in [0.1, 0.15) is 22.6 Å². The highest BCUT2D eigenvalue weighted by Crippen LogP contribution is 2.36. The van der Waals surface area contributed by atoms with Crippen molar-refractivity contribution in [2.75, 3.05) is 5.32 Å². The Bertz CT molecular complexity index is 651. The van der Waals surface area contributed by atoms with E-state index in [0.717, 1.165) is 16.8 Å². The fourth-order valence-corrected chi connectivity index (χ4v) is 2.59. The first-order valence-electron chi connectivity index (χ1n) is 6.30. The maximum atomic E-state index is 13.7. The minimum atomic E-state index is -0.299. The van der Waals surface area contributed by atoms with Gasteiger partial charge in [0.05, 0.1) is 5.92 Å². The summed E-state index contributed by atoms with van der Waals surface area (Å²) >= 11 is 0. The highest BCUT2D eigenvalue weighted by Gasteiger charge is 2.31. The summed E-state index contributed by atoms with van der Waals surface area (Å²) in [4.78, 5) is 12.1. The molecule has 0 saturated carbocycles. The largest absolute Gasteiger partial charge is 0.325 e. The first-order valence-corrected chi connectivity index (χ1v) is 6.30. The van der Waals surface area contributed by atoms with E-state index in [1.165, 1.54) is 6.07 Å². The average molecular weight is 255 g/mol. The molecule has 1 N–H and O–H groups in total. The molecule has 3 rings (SSSR count). The number of aryl methyl sites for hydroxylation is 1. The summed E-state index contributed by atoms with van der Waals surface area (Å²) in [5, 5.41) is 2.89. The van der Waals surface area contributed by atoms with Gasteiger partial charge in [0, 0.05) is 5.69 Å². The lowest BCUT2D eigenvalue weighted by Crippen LogP contribution is -2.14. The second kappa shape index (κ2) is 4.50. The Balaban J connectivity index is 1.97. The van der Waals surface area contributed by atoms with Crippen LogP contribution in [0.5, 0.6) is 0 Å². The van der Waals surface area contributed by atoms with E-state index in [0.29, 0.717) is 12.0 Å². The van der Waals surface area contributed by atoms with Gasteiger partial charge in [0.2, 0.25) is 5.91 Å². The van der Waals surface area contributed by atoms with Gasteiger partial charge in [-0.1, -0.05) is 36.4 Å². The Hall–Kier alpha value is -2.16. The molecule has 0 aromatic heterocycles. The van der Waals surface area contributed by atoms with Crippen molar-refractivity contribution in [3.05, 3.63) is 65.0 Å². The fourth-order valence-electron chi connectivity index (χ4n) is 2.59. The van der Waals surface area contributed by atoms with Crippen LogP contribution in [0.25, 0.3) is 0 Å². The van der Waals surface area contributed by atoms with Gasteiger partial charge in [0.15, 0.2) is 0 Å². The molecular weight excluding hydrogens is 241 g/mol. The molecule has 0 fully saturated rings. The number of para-hydroxylation sites is 1. The summed E-state index contributed by atoms with van der Waals surface area (Å²) in [7, 11) is 0. The van der Waals surface area contributed by atoms with Crippen LogP contribution < -0.4 is 5.32 Å². The second-order valence-corrected chi connectivity index (χ2v) is 4.88. The van der Waals surface area contributed by atoms with E-state index < -0.39 is 0 Å². The topological polar surface area (TPSA) is 29.1 Å². The van der Waals surface area contributed by atoms with Gasteiger partial charge in [-0.15, -0.1) is 0 Å². The predicted octanol–water partition coefficient (Wildman–Crippen LogP) is 3.41. The van der Waals surface area contributed by atoms with Crippen molar-refractivity contribution in [3.8, 4) is 0 Å². The van der Waals surface area contributed by atoms with E-state index in [4.69, 9.17) is 0 Å². The second-order valence-electron chi connectivity index (χ2n) is 4.88. The van der Waals surface area contributed by atoms with Crippen LogP contribution in [-0.2, 0) is 11.2 Å². The zero-order valence-electron chi connectivity index (χ0n) is 10.6. The summed E-state index contributed by atoms with van der Waals surface area (Å²) < 4.78 is 13.7. The Kier molecular flexibility index (Phi) is 2.82. The molecule has 0 radical (unpaired) electrons. The van der Waals surface area contributed by atoms with Crippen molar-refractivity contribution in [1.82, 2.24) is 0 Å². The number of carbonyl (C=O) groups is 1. The molecule has 0 aliphatic carbocycles. The van der Waals surface area contributed by atoms with Crippen molar-refractivity contribution < 1.29 is 9.18 Å². The van der Waals surface area contributed by atoms with Crippen LogP contribution in [0.2, 0.25) is 0 Å². The molecule has 19 heavy (non-hydrogen) atoms. The van der Waals surface area contributed by atoms with Gasteiger partial charge in [0.1, 0.15) is 5.82 Å². The van der Waals surface area contributed by atoms with Crippen LogP contribution in [0.15, 0.2) is 42.5 Å². The quantitative estimate of drug-likeness (QED) is 0.875. The number of amides is 1. The molecule has 0 bridgehead atoms. The Morgan fingerprint density at radius 3 is 2.74 bits per heavy atom. The maximum Gasteiger partial charge on any atom is 0.232 e. The van der Waals surface area contributed by atoms with Crippen molar-refractivity contribution in [1.29, 1.82) is 0 Å². The lowest BCUT2D eigenvalue weighted by Gasteiger charge is -2.10. The Morgan fingerprint density at radius 1 is 1.16 bits per heavy atom. The summed E-state index contributed by atoms with van der Waals surface area (Å²) in [5.41, 5.74) is 3.47. The number of anilines is 1. The first kappa shape index (κ1) is 11.9. The summed E-state index contributed by atoms with van der Waals surface area (Å²) in [5.74, 6) is -0.601. The summed E-state index contributed by atoms with van der Waals surface area (Å²) in [6.45, 7) is 1.96. The molecule has 1 heterocycles. The highest BCUT2D eigenvalue weighted by atomic mass is 19.1. The van der Waals surface area contributed by atoms with Gasteiger partial charge >= 0.3 is 0 Å². The number of fused-ring (bicyclic) bond motifs is 1. The lowest BCUT2D eigenvalue weighted by atomic mass is 9.92. The Morgan fingerprint density at radius 2 is 1.95 bits per heavy atom. The Labute approximate surface area is 111 Å². The van der Waals surface area contributed by atoms with Crippen molar-refractivity contribution in [3.63, 3.8) is 0 Å². The standard InChI is InChI=1S/C16H14FNO/c1-10-5-4-7-12-13(16(19)18-15(10)12)9-11-6-2-3-8-14(11)17/h2-8,13H,9H2,1H3,(H,18,19)/t13-/m0/s1. The fraction of sp³-hybridized carbons (Fsp3) is 0.188. The van der Waals surface area contributed by atoms with Crippen LogP contribution >= 0.6 is 0 Å². The SMILES string of the molecule is Cc1cccc2c1NC(=O)[C@H]2Cc1ccccc1F. The zero-order valence-corrected chi connectivity index (χ0v) is 10.6. The van der Waals surface area contributed by atoms with Gasteiger partial charge in [-0.3, -0.25) is 4.79 Å². The highest BCUT2D eigenvalue weighted by molar-refractivity contribution is 6.03. The number of hydrogen-bond donors (Lipinski definition) is 1. The van der Waals surface area contributed by atoms with E-state index in [1.807, 2.05) is 25.1 Å². The van der Waals surface area contributed by atoms with Crippen LogP contribution in [0, 0.1) is 12.7 Å². The summed E-state index contributed by atoms with van der Waals surface area (Å²) in [6, 6.07) is 12.4. The molecule has 2 aromatic carbocycles. The number of hydrogen-bond acceptors (Lipinski definition) is 1. The number of rotatable bonds is 2. The van der Waals surface area contributed by atoms with Gasteiger partial charge in [-0.25, -0.2) is 4.39 Å². The van der Waals surface area contributed by atoms with Crippen molar-refractivity contribution in [2.45, 2.75) is 19.3 Å². The normalized spacial score (nSPS) is 17.2. The first-order chi connectivity index (χ1) is 9.16. The number of nitrogens with one attached hydrogen (secondary N) is 1. The van der Waals surface area contributed by atoms with Crippen LogP contribution in [-0.4, -0.2) is 5.91 Å². The van der Waals surface area contributed by atoms with Gasteiger partial charge < -0.3 is 5.32 Å². The van der Waals surface area contributed by atoms with E-state index in [2.05, 4.69) is 5.32 Å². The lowest BCUT2D eigenvalue weighted by molar-refractivity contribution is -0.117. The van der Waals surface area contributed by atoms with Crippen LogP contribution in [0.3, 0.4) is 0 Å². The minimum Gasteiger partial charge on any atom is -0.325 e. The van der Waals surface area contributed by atoms with Gasteiger partial charge in [-0.05, 0) is 36.1 Å². The maximum absolute atomic E-state index is 13.7. The van der Waals surface area contributed by atoms with E-state index in [-0.39, 0.29) is 17.6 Å². The minimum absolute atomic E-state index is 0.0486. The van der Waals surface area contributed by atoms with E-state index >= 15 is 0 Å². The molecule has 0 unspecified atom stereocenters. The van der Waals surface area contributed by atoms with Crippen molar-refractivity contribution in [2.24, 2.45) is 0 Å². The summed E-state index contributed by atoms with van der Waals surface area (Å²) in [6.07, 6.45) is 0.398. The molecule has 3 heteroatoms. The molecular formula is C16H14FNO. The zero-order chi connectivity index (χ0) is 13.4. The average Bonchev–Trinajstić information content (AvgIpc) is 2.71. The predicted molar refractivity (Wildman–Crippen MR) is 72.7 cm³/mol.